The van der Waals surface area contributed by atoms with Gasteiger partial charge in [0.15, 0.2) is 0 Å². The van der Waals surface area contributed by atoms with Crippen LogP contribution >= 0.6 is 0 Å². The molecule has 0 aliphatic heterocycles. The Morgan fingerprint density at radius 2 is 1.95 bits per heavy atom. The Morgan fingerprint density at radius 3 is 2.55 bits per heavy atom. The molecule has 0 aromatic heterocycles. The van der Waals surface area contributed by atoms with Gasteiger partial charge in [-0.3, -0.25) is 10.1 Å². The predicted octanol–water partition coefficient (Wildman–Crippen LogP) is 4.06. The van der Waals surface area contributed by atoms with E-state index in [9.17, 15) is 15.4 Å². The maximum absolute atomic E-state index is 10.7. The van der Waals surface area contributed by atoms with E-state index in [1.54, 1.807) is 18.2 Å². The third kappa shape index (κ3) is 3.49. The van der Waals surface area contributed by atoms with Gasteiger partial charge in [0, 0.05) is 17.7 Å². The van der Waals surface area contributed by atoms with E-state index in [2.05, 4.69) is 6.07 Å². The Morgan fingerprint density at radius 1 is 1.27 bits per heavy atom. The van der Waals surface area contributed by atoms with Crippen LogP contribution in [0.25, 0.3) is 11.6 Å². The summed E-state index contributed by atoms with van der Waals surface area (Å²) in [7, 11) is 0. The molecule has 0 radical (unpaired) electrons. The summed E-state index contributed by atoms with van der Waals surface area (Å²) in [6.07, 6.45) is 1.71. The van der Waals surface area contributed by atoms with Gasteiger partial charge in [0.2, 0.25) is 0 Å². The van der Waals surface area contributed by atoms with Crippen molar-refractivity contribution in [2.24, 2.45) is 0 Å². The zero-order chi connectivity index (χ0) is 15.9. The number of non-ortho nitro benzene ring substituents is 1. The van der Waals surface area contributed by atoms with Crippen molar-refractivity contribution in [2.75, 3.05) is 6.61 Å². The quantitative estimate of drug-likeness (QED) is 0.360. The number of ether oxygens (including phenoxy) is 1. The highest BCUT2D eigenvalue weighted by molar-refractivity contribution is 5.90. The molecule has 0 N–H and O–H groups in total. The monoisotopic (exact) mass is 294 g/mol. The summed E-state index contributed by atoms with van der Waals surface area (Å²) in [5.41, 5.74) is 1.83. The molecule has 0 atom stereocenters. The molecule has 0 unspecified atom stereocenters. The lowest BCUT2D eigenvalue weighted by molar-refractivity contribution is -0.384. The summed E-state index contributed by atoms with van der Waals surface area (Å²) >= 11 is 0. The SMILES string of the molecule is CCOc1ccccc1/C=C(/C#N)c1ccc([N+](=O)[O-])cc1. The van der Waals surface area contributed by atoms with Crippen molar-refractivity contribution in [3.8, 4) is 11.8 Å². The Hall–Kier alpha value is -3.13. The summed E-state index contributed by atoms with van der Waals surface area (Å²) in [5, 5.41) is 20.0. The van der Waals surface area contributed by atoms with Crippen LogP contribution in [0.1, 0.15) is 18.1 Å². The normalized spacial score (nSPS) is 10.8. The van der Waals surface area contributed by atoms with Crippen molar-refractivity contribution in [3.05, 3.63) is 69.8 Å². The molecular formula is C17H14N2O3. The fraction of sp³-hybridized carbons (Fsp3) is 0.118. The van der Waals surface area contributed by atoms with Gasteiger partial charge in [0.05, 0.1) is 23.2 Å². The van der Waals surface area contributed by atoms with E-state index < -0.39 is 4.92 Å². The number of hydrogen-bond donors (Lipinski definition) is 0. The lowest BCUT2D eigenvalue weighted by Crippen LogP contribution is -1.94. The van der Waals surface area contributed by atoms with Crippen LogP contribution < -0.4 is 4.74 Å². The lowest BCUT2D eigenvalue weighted by atomic mass is 10.0. The Kier molecular flexibility index (Phi) is 4.89. The van der Waals surface area contributed by atoms with Crippen LogP contribution in [0.3, 0.4) is 0 Å². The predicted molar refractivity (Wildman–Crippen MR) is 84.2 cm³/mol. The van der Waals surface area contributed by atoms with Crippen LogP contribution in [0.5, 0.6) is 5.75 Å². The average molecular weight is 294 g/mol. The smallest absolute Gasteiger partial charge is 0.269 e. The molecule has 2 rings (SSSR count). The third-order valence-corrected chi connectivity index (χ3v) is 3.03. The zero-order valence-corrected chi connectivity index (χ0v) is 12.0. The minimum Gasteiger partial charge on any atom is -0.493 e. The first-order valence-corrected chi connectivity index (χ1v) is 6.74. The number of nitro groups is 1. The van der Waals surface area contributed by atoms with Crippen molar-refractivity contribution >= 4 is 17.3 Å². The summed E-state index contributed by atoms with van der Waals surface area (Å²) in [6.45, 7) is 2.42. The van der Waals surface area contributed by atoms with Crippen molar-refractivity contribution in [2.45, 2.75) is 6.92 Å². The summed E-state index contributed by atoms with van der Waals surface area (Å²) in [6, 6.07) is 15.4. The fourth-order valence-electron chi connectivity index (χ4n) is 1.99. The highest BCUT2D eigenvalue weighted by Crippen LogP contribution is 2.25. The van der Waals surface area contributed by atoms with E-state index in [1.807, 2.05) is 31.2 Å². The molecule has 110 valence electrons. The van der Waals surface area contributed by atoms with Gasteiger partial charge in [-0.1, -0.05) is 18.2 Å². The topological polar surface area (TPSA) is 76.2 Å². The van der Waals surface area contributed by atoms with Crippen LogP contribution in [0, 0.1) is 21.4 Å². The highest BCUT2D eigenvalue weighted by atomic mass is 16.6. The van der Waals surface area contributed by atoms with Gasteiger partial charge in [0.25, 0.3) is 5.69 Å². The first kappa shape index (κ1) is 15.3. The van der Waals surface area contributed by atoms with Gasteiger partial charge in [-0.15, -0.1) is 0 Å². The van der Waals surface area contributed by atoms with Crippen LogP contribution in [0.2, 0.25) is 0 Å². The van der Waals surface area contributed by atoms with Crippen molar-refractivity contribution in [1.82, 2.24) is 0 Å². The van der Waals surface area contributed by atoms with Gasteiger partial charge in [-0.25, -0.2) is 0 Å². The van der Waals surface area contributed by atoms with Crippen LogP contribution in [0.4, 0.5) is 5.69 Å². The molecule has 0 fully saturated rings. The second-order valence-corrected chi connectivity index (χ2v) is 4.44. The number of hydrogen-bond acceptors (Lipinski definition) is 4. The lowest BCUT2D eigenvalue weighted by Gasteiger charge is -2.07. The molecule has 5 heteroatoms. The fourth-order valence-corrected chi connectivity index (χ4v) is 1.99. The summed E-state index contributed by atoms with van der Waals surface area (Å²) < 4.78 is 5.53. The average Bonchev–Trinajstić information content (AvgIpc) is 2.54. The Balaban J connectivity index is 2.40. The summed E-state index contributed by atoms with van der Waals surface area (Å²) in [4.78, 5) is 10.2. The van der Waals surface area contributed by atoms with E-state index in [0.717, 1.165) is 5.56 Å². The first-order chi connectivity index (χ1) is 10.7. The van der Waals surface area contributed by atoms with E-state index in [1.165, 1.54) is 12.1 Å². The van der Waals surface area contributed by atoms with Gasteiger partial charge in [-0.05, 0) is 36.8 Å². The van der Waals surface area contributed by atoms with Gasteiger partial charge < -0.3 is 4.74 Å². The molecule has 0 spiro atoms. The molecule has 2 aromatic rings. The Bertz CT molecular complexity index is 743. The van der Waals surface area contributed by atoms with Crippen molar-refractivity contribution in [1.29, 1.82) is 5.26 Å². The van der Waals surface area contributed by atoms with E-state index in [0.29, 0.717) is 23.5 Å². The number of allylic oxidation sites excluding steroid dienone is 1. The minimum absolute atomic E-state index is 0.00393. The largest absolute Gasteiger partial charge is 0.493 e. The maximum Gasteiger partial charge on any atom is 0.269 e. The van der Waals surface area contributed by atoms with Gasteiger partial charge in [-0.2, -0.15) is 5.26 Å². The van der Waals surface area contributed by atoms with E-state index >= 15 is 0 Å². The van der Waals surface area contributed by atoms with Gasteiger partial charge >= 0.3 is 0 Å². The van der Waals surface area contributed by atoms with Crippen LogP contribution in [-0.4, -0.2) is 11.5 Å². The molecule has 5 nitrogen and oxygen atoms in total. The van der Waals surface area contributed by atoms with Gasteiger partial charge in [0.1, 0.15) is 5.75 Å². The van der Waals surface area contributed by atoms with Crippen molar-refractivity contribution < 1.29 is 9.66 Å². The number of nitro benzene ring substituents is 1. The third-order valence-electron chi connectivity index (χ3n) is 3.03. The van der Waals surface area contributed by atoms with Crippen LogP contribution in [-0.2, 0) is 0 Å². The zero-order valence-electron chi connectivity index (χ0n) is 12.0. The molecule has 0 amide bonds. The van der Waals surface area contributed by atoms with Crippen LogP contribution in [0.15, 0.2) is 48.5 Å². The molecule has 22 heavy (non-hydrogen) atoms. The van der Waals surface area contributed by atoms with E-state index in [-0.39, 0.29) is 5.69 Å². The van der Waals surface area contributed by atoms with Crippen molar-refractivity contribution in [3.63, 3.8) is 0 Å². The number of rotatable bonds is 5. The number of nitrogens with zero attached hydrogens (tertiary/aromatic N) is 2. The summed E-state index contributed by atoms with van der Waals surface area (Å²) in [5.74, 6) is 0.694. The molecule has 2 aromatic carbocycles. The molecule has 0 aliphatic rings. The molecule has 0 saturated heterocycles. The maximum atomic E-state index is 10.7. The number of nitriles is 1. The molecule has 0 saturated carbocycles. The highest BCUT2D eigenvalue weighted by Gasteiger charge is 2.08. The molecule has 0 aliphatic carbocycles. The molecule has 0 heterocycles. The second kappa shape index (κ2) is 7.04. The second-order valence-electron chi connectivity index (χ2n) is 4.44. The standard InChI is InChI=1S/C17H14N2O3/c1-2-22-17-6-4-3-5-14(17)11-15(12-18)13-7-9-16(10-8-13)19(20)21/h3-11H,2H2,1H3/b15-11-. The molecular weight excluding hydrogens is 280 g/mol. The number of para-hydroxylation sites is 1. The minimum atomic E-state index is -0.468. The van der Waals surface area contributed by atoms with E-state index in [4.69, 9.17) is 4.74 Å². The Labute approximate surface area is 128 Å². The first-order valence-electron chi connectivity index (χ1n) is 6.74. The molecule has 0 bridgehead atoms. The number of benzene rings is 2.